The van der Waals surface area contributed by atoms with Crippen molar-refractivity contribution in [3.05, 3.63) is 52.6 Å². The van der Waals surface area contributed by atoms with Gasteiger partial charge < -0.3 is 13.6 Å². The molecule has 4 heteroatoms. The fraction of sp³-hybridized carbons (Fsp3) is 0.133. The molecule has 0 saturated carbocycles. The predicted molar refractivity (Wildman–Crippen MR) is 71.5 cm³/mol. The number of furan rings is 1. The second-order valence-electron chi connectivity index (χ2n) is 4.25. The van der Waals surface area contributed by atoms with Crippen molar-refractivity contribution in [3.8, 4) is 17.1 Å². The number of fused-ring (bicyclic) bond motifs is 1. The van der Waals surface area contributed by atoms with Crippen molar-refractivity contribution < 1.29 is 13.6 Å². The quantitative estimate of drug-likeness (QED) is 0.705. The van der Waals surface area contributed by atoms with Crippen LogP contribution in [0, 0.1) is 6.92 Å². The first-order valence-corrected chi connectivity index (χ1v) is 5.85. The largest absolute Gasteiger partial charge is 0.497 e. The standard InChI is InChI=1S/C15H12O4/c1-9-3-6-13(19-9)12-8-18-14-7-10(17-2)4-5-11(14)15(12)16/h3-8H,1-2H3. The Kier molecular flexibility index (Phi) is 2.63. The van der Waals surface area contributed by atoms with Gasteiger partial charge >= 0.3 is 0 Å². The lowest BCUT2D eigenvalue weighted by atomic mass is 10.1. The van der Waals surface area contributed by atoms with Crippen LogP contribution in [0.25, 0.3) is 22.3 Å². The van der Waals surface area contributed by atoms with Gasteiger partial charge in [-0.25, -0.2) is 0 Å². The van der Waals surface area contributed by atoms with Gasteiger partial charge in [-0.05, 0) is 31.2 Å². The molecular weight excluding hydrogens is 244 g/mol. The number of rotatable bonds is 2. The second kappa shape index (κ2) is 4.31. The van der Waals surface area contributed by atoms with Crippen LogP contribution in [0.2, 0.25) is 0 Å². The Morgan fingerprint density at radius 1 is 1.16 bits per heavy atom. The van der Waals surface area contributed by atoms with Gasteiger partial charge in [-0.3, -0.25) is 4.79 Å². The molecular formula is C15H12O4. The van der Waals surface area contributed by atoms with Gasteiger partial charge in [-0.1, -0.05) is 0 Å². The van der Waals surface area contributed by atoms with E-state index in [9.17, 15) is 4.79 Å². The monoisotopic (exact) mass is 256 g/mol. The molecule has 0 unspecified atom stereocenters. The van der Waals surface area contributed by atoms with Crippen molar-refractivity contribution in [3.63, 3.8) is 0 Å². The normalized spacial score (nSPS) is 10.8. The zero-order valence-electron chi connectivity index (χ0n) is 10.6. The molecule has 2 aromatic heterocycles. The number of ether oxygens (including phenoxy) is 1. The van der Waals surface area contributed by atoms with E-state index < -0.39 is 0 Å². The summed E-state index contributed by atoms with van der Waals surface area (Å²) in [5, 5.41) is 0.507. The van der Waals surface area contributed by atoms with Gasteiger partial charge in [0.2, 0.25) is 5.43 Å². The van der Waals surface area contributed by atoms with Gasteiger partial charge in [0.25, 0.3) is 0 Å². The van der Waals surface area contributed by atoms with Crippen LogP contribution in [-0.2, 0) is 0 Å². The fourth-order valence-electron chi connectivity index (χ4n) is 1.98. The Bertz CT molecular complexity index is 795. The maximum Gasteiger partial charge on any atom is 0.203 e. The summed E-state index contributed by atoms with van der Waals surface area (Å²) in [6.07, 6.45) is 1.42. The van der Waals surface area contributed by atoms with Crippen LogP contribution in [-0.4, -0.2) is 7.11 Å². The number of hydrogen-bond donors (Lipinski definition) is 0. The van der Waals surface area contributed by atoms with Gasteiger partial charge in [-0.2, -0.15) is 0 Å². The molecule has 0 bridgehead atoms. The molecule has 0 amide bonds. The molecule has 0 fully saturated rings. The average Bonchev–Trinajstić information content (AvgIpc) is 2.85. The zero-order valence-corrected chi connectivity index (χ0v) is 10.6. The zero-order chi connectivity index (χ0) is 13.4. The second-order valence-corrected chi connectivity index (χ2v) is 4.25. The first kappa shape index (κ1) is 11.6. The molecule has 2 heterocycles. The molecule has 0 aliphatic rings. The van der Waals surface area contributed by atoms with Crippen LogP contribution in [0.1, 0.15) is 5.76 Å². The highest BCUT2D eigenvalue weighted by atomic mass is 16.5. The summed E-state index contributed by atoms with van der Waals surface area (Å²) in [6.45, 7) is 1.83. The average molecular weight is 256 g/mol. The van der Waals surface area contributed by atoms with Gasteiger partial charge in [0.15, 0.2) is 0 Å². The number of aryl methyl sites for hydroxylation is 1. The van der Waals surface area contributed by atoms with E-state index in [0.29, 0.717) is 28.0 Å². The maximum atomic E-state index is 12.4. The van der Waals surface area contributed by atoms with E-state index >= 15 is 0 Å². The summed E-state index contributed by atoms with van der Waals surface area (Å²) in [5.74, 6) is 1.92. The summed E-state index contributed by atoms with van der Waals surface area (Å²) in [6, 6.07) is 8.69. The number of methoxy groups -OCH3 is 1. The Morgan fingerprint density at radius 3 is 2.68 bits per heavy atom. The Labute approximate surface area is 109 Å². The molecule has 3 aromatic rings. The molecule has 1 aromatic carbocycles. The number of hydrogen-bond acceptors (Lipinski definition) is 4. The minimum Gasteiger partial charge on any atom is -0.497 e. The molecule has 19 heavy (non-hydrogen) atoms. The highest BCUT2D eigenvalue weighted by Crippen LogP contribution is 2.24. The van der Waals surface area contributed by atoms with E-state index in [-0.39, 0.29) is 5.43 Å². The molecule has 3 rings (SSSR count). The Hall–Kier alpha value is -2.49. The molecule has 0 N–H and O–H groups in total. The maximum absolute atomic E-state index is 12.4. The molecule has 0 spiro atoms. The molecule has 96 valence electrons. The van der Waals surface area contributed by atoms with E-state index in [4.69, 9.17) is 13.6 Å². The van der Waals surface area contributed by atoms with Gasteiger partial charge in [0, 0.05) is 6.07 Å². The van der Waals surface area contributed by atoms with Gasteiger partial charge in [0.05, 0.1) is 12.5 Å². The van der Waals surface area contributed by atoms with Crippen LogP contribution in [0.3, 0.4) is 0 Å². The third-order valence-electron chi connectivity index (χ3n) is 2.99. The Balaban J connectivity index is 2.24. The van der Waals surface area contributed by atoms with Crippen molar-refractivity contribution in [1.29, 1.82) is 0 Å². The molecule has 4 nitrogen and oxygen atoms in total. The first-order valence-electron chi connectivity index (χ1n) is 5.85. The van der Waals surface area contributed by atoms with Crippen LogP contribution < -0.4 is 10.2 Å². The first-order chi connectivity index (χ1) is 9.19. The van der Waals surface area contributed by atoms with E-state index in [1.165, 1.54) is 6.26 Å². The van der Waals surface area contributed by atoms with E-state index in [1.807, 2.05) is 13.0 Å². The highest BCUT2D eigenvalue weighted by molar-refractivity contribution is 5.81. The SMILES string of the molecule is COc1ccc2c(=O)c(-c3ccc(C)o3)coc2c1. The lowest BCUT2D eigenvalue weighted by Crippen LogP contribution is -2.04. The van der Waals surface area contributed by atoms with Crippen molar-refractivity contribution in [2.24, 2.45) is 0 Å². The van der Waals surface area contributed by atoms with Crippen LogP contribution in [0.5, 0.6) is 5.75 Å². The predicted octanol–water partition coefficient (Wildman–Crippen LogP) is 3.37. The van der Waals surface area contributed by atoms with Crippen LogP contribution >= 0.6 is 0 Å². The van der Waals surface area contributed by atoms with Crippen LogP contribution in [0.15, 0.2) is 50.2 Å². The lowest BCUT2D eigenvalue weighted by Gasteiger charge is -2.02. The summed E-state index contributed by atoms with van der Waals surface area (Å²) >= 11 is 0. The highest BCUT2D eigenvalue weighted by Gasteiger charge is 2.12. The third-order valence-corrected chi connectivity index (χ3v) is 2.99. The van der Waals surface area contributed by atoms with E-state index in [2.05, 4.69) is 0 Å². The third kappa shape index (κ3) is 1.91. The molecule has 0 aliphatic carbocycles. The van der Waals surface area contributed by atoms with Gasteiger partial charge in [0.1, 0.15) is 34.7 Å². The fourth-order valence-corrected chi connectivity index (χ4v) is 1.98. The van der Waals surface area contributed by atoms with Crippen LogP contribution in [0.4, 0.5) is 0 Å². The van der Waals surface area contributed by atoms with Crippen molar-refractivity contribution in [2.75, 3.05) is 7.11 Å². The lowest BCUT2D eigenvalue weighted by molar-refractivity contribution is 0.414. The topological polar surface area (TPSA) is 52.6 Å². The van der Waals surface area contributed by atoms with Crippen molar-refractivity contribution in [1.82, 2.24) is 0 Å². The molecule has 0 aliphatic heterocycles. The van der Waals surface area contributed by atoms with E-state index in [1.54, 1.807) is 31.4 Å². The summed E-state index contributed by atoms with van der Waals surface area (Å²) in [5.41, 5.74) is 0.806. The van der Waals surface area contributed by atoms with E-state index in [0.717, 1.165) is 5.76 Å². The summed E-state index contributed by atoms with van der Waals surface area (Å²) in [4.78, 5) is 12.4. The minimum atomic E-state index is -0.113. The van der Waals surface area contributed by atoms with Crippen molar-refractivity contribution in [2.45, 2.75) is 6.92 Å². The molecule has 0 saturated heterocycles. The van der Waals surface area contributed by atoms with Crippen molar-refractivity contribution >= 4 is 11.0 Å². The minimum absolute atomic E-state index is 0.113. The number of benzene rings is 1. The molecule has 0 atom stereocenters. The summed E-state index contributed by atoms with van der Waals surface area (Å²) < 4.78 is 16.0. The van der Waals surface area contributed by atoms with Gasteiger partial charge in [-0.15, -0.1) is 0 Å². The molecule has 0 radical (unpaired) electrons. The smallest absolute Gasteiger partial charge is 0.203 e. The summed E-state index contributed by atoms with van der Waals surface area (Å²) in [7, 11) is 1.57. The Morgan fingerprint density at radius 2 is 2.00 bits per heavy atom.